The van der Waals surface area contributed by atoms with Gasteiger partial charge in [-0.25, -0.2) is 0 Å². The standard InChI is InChI=1S/C23H18N4O7/c28-22-20-14-3-4-15(9-14)21(20)23(29)25(22)24-11-16-10-18(27(32)33)7-8-19(16)34-12-13-1-5-17(6-2-13)26(30)31/h1-8,10-11,14-15,20-21H,9,12H2. The van der Waals surface area contributed by atoms with Gasteiger partial charge in [0, 0.05) is 29.8 Å². The van der Waals surface area contributed by atoms with E-state index in [1.165, 1.54) is 36.5 Å². The van der Waals surface area contributed by atoms with E-state index in [-0.39, 0.29) is 52.9 Å². The van der Waals surface area contributed by atoms with Crippen LogP contribution >= 0.6 is 0 Å². The summed E-state index contributed by atoms with van der Waals surface area (Å²) in [5, 5.41) is 27.0. The fraction of sp³-hybridized carbons (Fsp3) is 0.261. The molecule has 1 saturated heterocycles. The minimum Gasteiger partial charge on any atom is -0.488 e. The predicted molar refractivity (Wildman–Crippen MR) is 118 cm³/mol. The van der Waals surface area contributed by atoms with Crippen LogP contribution in [0, 0.1) is 43.9 Å². The Morgan fingerprint density at radius 2 is 1.53 bits per heavy atom. The number of hydrazone groups is 1. The Morgan fingerprint density at radius 3 is 2.12 bits per heavy atom. The minimum atomic E-state index is -0.572. The number of amides is 2. The Hall–Kier alpha value is -4.41. The minimum absolute atomic E-state index is 0.0391. The van der Waals surface area contributed by atoms with Crippen LogP contribution in [0.25, 0.3) is 0 Å². The van der Waals surface area contributed by atoms with E-state index < -0.39 is 21.7 Å². The van der Waals surface area contributed by atoms with Gasteiger partial charge in [-0.1, -0.05) is 12.2 Å². The molecule has 0 spiro atoms. The molecule has 2 amide bonds. The first kappa shape index (κ1) is 21.4. The molecule has 2 fully saturated rings. The molecule has 2 aromatic rings. The molecule has 0 N–H and O–H groups in total. The number of nitro benzene ring substituents is 2. The molecule has 11 heteroatoms. The number of allylic oxidation sites excluding steroid dienone is 2. The van der Waals surface area contributed by atoms with Crippen LogP contribution in [0.2, 0.25) is 0 Å². The highest BCUT2D eigenvalue weighted by molar-refractivity contribution is 6.07. The number of hydrogen-bond donors (Lipinski definition) is 0. The van der Waals surface area contributed by atoms with Crippen molar-refractivity contribution in [2.75, 3.05) is 0 Å². The smallest absolute Gasteiger partial charge is 0.270 e. The first-order chi connectivity index (χ1) is 16.3. The topological polar surface area (TPSA) is 145 Å². The van der Waals surface area contributed by atoms with Crippen molar-refractivity contribution in [3.63, 3.8) is 0 Å². The van der Waals surface area contributed by atoms with E-state index >= 15 is 0 Å². The number of imide groups is 1. The van der Waals surface area contributed by atoms with E-state index in [0.717, 1.165) is 11.4 Å². The normalized spacial score (nSPS) is 24.8. The third kappa shape index (κ3) is 3.60. The van der Waals surface area contributed by atoms with Crippen LogP contribution in [-0.4, -0.2) is 32.9 Å². The van der Waals surface area contributed by atoms with Crippen LogP contribution in [0.3, 0.4) is 0 Å². The molecule has 1 saturated carbocycles. The summed E-state index contributed by atoms with van der Waals surface area (Å²) < 4.78 is 5.76. The Morgan fingerprint density at radius 1 is 0.941 bits per heavy atom. The fourth-order valence-corrected chi connectivity index (χ4v) is 4.88. The maximum absolute atomic E-state index is 12.8. The lowest BCUT2D eigenvalue weighted by molar-refractivity contribution is -0.385. The van der Waals surface area contributed by atoms with E-state index in [9.17, 15) is 29.8 Å². The Kier molecular flexibility index (Phi) is 5.16. The van der Waals surface area contributed by atoms with E-state index in [2.05, 4.69) is 5.10 Å². The Labute approximate surface area is 192 Å². The average Bonchev–Trinajstić information content (AvgIpc) is 3.51. The van der Waals surface area contributed by atoms with Gasteiger partial charge in [-0.15, -0.1) is 0 Å². The number of nitrogens with zero attached hydrogens (tertiary/aromatic N) is 4. The third-order valence-corrected chi connectivity index (χ3v) is 6.51. The summed E-state index contributed by atoms with van der Waals surface area (Å²) in [5.74, 6) is -1.18. The van der Waals surface area contributed by atoms with Crippen molar-refractivity contribution in [1.82, 2.24) is 5.01 Å². The van der Waals surface area contributed by atoms with Crippen molar-refractivity contribution in [3.8, 4) is 5.75 Å². The number of fused-ring (bicyclic) bond motifs is 5. The monoisotopic (exact) mass is 462 g/mol. The number of hydrogen-bond acceptors (Lipinski definition) is 8. The zero-order valence-corrected chi connectivity index (χ0v) is 17.6. The lowest BCUT2D eigenvalue weighted by Crippen LogP contribution is -2.28. The number of nitro groups is 2. The molecule has 4 atom stereocenters. The number of carbonyl (C=O) groups is 2. The van der Waals surface area contributed by atoms with Gasteiger partial charge < -0.3 is 4.74 Å². The molecule has 1 aliphatic heterocycles. The highest BCUT2D eigenvalue weighted by Gasteiger charge is 2.59. The number of ether oxygens (including phenoxy) is 1. The van der Waals surface area contributed by atoms with Crippen LogP contribution in [-0.2, 0) is 16.2 Å². The average molecular weight is 462 g/mol. The highest BCUT2D eigenvalue weighted by atomic mass is 16.6. The van der Waals surface area contributed by atoms with Crippen molar-refractivity contribution in [2.45, 2.75) is 13.0 Å². The molecule has 3 aliphatic rings. The molecular formula is C23H18N4O7. The zero-order chi connectivity index (χ0) is 24.0. The number of non-ortho nitro benzene ring substituents is 2. The second kappa shape index (κ2) is 8.18. The van der Waals surface area contributed by atoms with Crippen LogP contribution in [0.15, 0.2) is 59.7 Å². The van der Waals surface area contributed by atoms with E-state index in [0.29, 0.717) is 5.56 Å². The molecule has 2 aliphatic carbocycles. The highest BCUT2D eigenvalue weighted by Crippen LogP contribution is 2.52. The van der Waals surface area contributed by atoms with Gasteiger partial charge in [0.1, 0.15) is 12.4 Å². The van der Waals surface area contributed by atoms with Gasteiger partial charge in [0.25, 0.3) is 23.2 Å². The number of carbonyl (C=O) groups excluding carboxylic acids is 2. The van der Waals surface area contributed by atoms with Gasteiger partial charge in [-0.3, -0.25) is 29.8 Å². The van der Waals surface area contributed by atoms with Gasteiger partial charge in [-0.05, 0) is 42.0 Å². The van der Waals surface area contributed by atoms with Crippen LogP contribution in [0.4, 0.5) is 11.4 Å². The maximum Gasteiger partial charge on any atom is 0.270 e. The molecule has 0 aromatic heterocycles. The van der Waals surface area contributed by atoms with E-state index in [1.54, 1.807) is 12.1 Å². The largest absolute Gasteiger partial charge is 0.488 e. The lowest BCUT2D eigenvalue weighted by Gasteiger charge is -2.13. The molecule has 11 nitrogen and oxygen atoms in total. The van der Waals surface area contributed by atoms with Gasteiger partial charge >= 0.3 is 0 Å². The first-order valence-corrected chi connectivity index (χ1v) is 10.6. The molecule has 172 valence electrons. The predicted octanol–water partition coefficient (Wildman–Crippen LogP) is 3.22. The van der Waals surface area contributed by atoms with Crippen LogP contribution in [0.5, 0.6) is 5.75 Å². The first-order valence-electron chi connectivity index (χ1n) is 10.6. The zero-order valence-electron chi connectivity index (χ0n) is 17.6. The van der Waals surface area contributed by atoms with Gasteiger partial charge in [0.05, 0.1) is 27.9 Å². The maximum atomic E-state index is 12.8. The van der Waals surface area contributed by atoms with Crippen molar-refractivity contribution in [1.29, 1.82) is 0 Å². The summed E-state index contributed by atoms with van der Waals surface area (Å²) in [5.41, 5.74) is 0.602. The second-order valence-electron chi connectivity index (χ2n) is 8.42. The second-order valence-corrected chi connectivity index (χ2v) is 8.42. The molecule has 2 aromatic carbocycles. The molecule has 4 unspecified atom stereocenters. The van der Waals surface area contributed by atoms with E-state index in [1.807, 2.05) is 12.2 Å². The summed E-state index contributed by atoms with van der Waals surface area (Å²) in [7, 11) is 0. The molecule has 0 radical (unpaired) electrons. The third-order valence-electron chi connectivity index (χ3n) is 6.51. The Balaban J connectivity index is 1.37. The molecular weight excluding hydrogens is 444 g/mol. The summed E-state index contributed by atoms with van der Waals surface area (Å²) in [6.45, 7) is 0.0391. The van der Waals surface area contributed by atoms with Crippen molar-refractivity contribution < 1.29 is 24.2 Å². The summed E-state index contributed by atoms with van der Waals surface area (Å²) in [6.07, 6.45) is 5.98. The van der Waals surface area contributed by atoms with Crippen molar-refractivity contribution in [2.24, 2.45) is 28.8 Å². The summed E-state index contributed by atoms with van der Waals surface area (Å²) >= 11 is 0. The van der Waals surface area contributed by atoms with Gasteiger partial charge in [0.2, 0.25) is 0 Å². The quantitative estimate of drug-likeness (QED) is 0.202. The van der Waals surface area contributed by atoms with Crippen LogP contribution in [0.1, 0.15) is 17.5 Å². The van der Waals surface area contributed by atoms with Crippen molar-refractivity contribution in [3.05, 3.63) is 86.0 Å². The lowest BCUT2D eigenvalue weighted by atomic mass is 9.85. The number of benzene rings is 2. The van der Waals surface area contributed by atoms with Crippen LogP contribution < -0.4 is 4.74 Å². The van der Waals surface area contributed by atoms with Gasteiger partial charge in [0.15, 0.2) is 0 Å². The SMILES string of the molecule is O=C1C2C3C=CC(C3)C2C(=O)N1N=Cc1cc([N+](=O)[O-])ccc1OCc1ccc([N+](=O)[O-])cc1. The van der Waals surface area contributed by atoms with E-state index in [4.69, 9.17) is 4.74 Å². The number of rotatable bonds is 7. The molecule has 1 heterocycles. The fourth-order valence-electron chi connectivity index (χ4n) is 4.88. The molecule has 2 bridgehead atoms. The molecule has 34 heavy (non-hydrogen) atoms. The molecule has 5 rings (SSSR count). The summed E-state index contributed by atoms with van der Waals surface area (Å²) in [4.78, 5) is 46.6. The Bertz CT molecular complexity index is 1240. The summed E-state index contributed by atoms with van der Waals surface area (Å²) in [6, 6.07) is 9.69. The van der Waals surface area contributed by atoms with Gasteiger partial charge in [-0.2, -0.15) is 10.1 Å². The van der Waals surface area contributed by atoms with Crippen molar-refractivity contribution >= 4 is 29.4 Å².